The normalized spacial score (nSPS) is 13.3. The van der Waals surface area contributed by atoms with Crippen molar-refractivity contribution >= 4 is 15.5 Å². The number of ether oxygens (including phenoxy) is 2. The number of methoxy groups -OCH3 is 1. The molecule has 2 heterocycles. The van der Waals surface area contributed by atoms with Gasteiger partial charge < -0.3 is 19.6 Å². The zero-order chi connectivity index (χ0) is 31.0. The lowest BCUT2D eigenvalue weighted by molar-refractivity contribution is 0.0800. The van der Waals surface area contributed by atoms with Gasteiger partial charge in [0.05, 0.1) is 41.5 Å². The van der Waals surface area contributed by atoms with Crippen LogP contribution in [0.1, 0.15) is 69.1 Å². The predicted octanol–water partition coefficient (Wildman–Crippen LogP) is 4.33. The number of unbranched alkanes of at least 4 members (excludes halogenated alkanes) is 4. The molecule has 12 heteroatoms. The summed E-state index contributed by atoms with van der Waals surface area (Å²) in [6.45, 7) is 6.01. The third-order valence-electron chi connectivity index (χ3n) is 7.24. The van der Waals surface area contributed by atoms with E-state index < -0.39 is 22.2 Å². The van der Waals surface area contributed by atoms with Gasteiger partial charge in [0.15, 0.2) is 11.3 Å². The fourth-order valence-electron chi connectivity index (χ4n) is 5.07. The number of aryl methyl sites for hydroxylation is 2. The van der Waals surface area contributed by atoms with Gasteiger partial charge in [0, 0.05) is 13.5 Å². The van der Waals surface area contributed by atoms with Crippen molar-refractivity contribution in [3.63, 3.8) is 0 Å². The predicted molar refractivity (Wildman–Crippen MR) is 165 cm³/mol. The summed E-state index contributed by atoms with van der Waals surface area (Å²) in [6, 6.07) is 12.2. The van der Waals surface area contributed by atoms with Gasteiger partial charge in [-0.05, 0) is 44.0 Å². The van der Waals surface area contributed by atoms with Crippen molar-refractivity contribution in [1.82, 2.24) is 24.3 Å². The molecule has 0 amide bonds. The molecule has 0 aliphatic rings. The van der Waals surface area contributed by atoms with Gasteiger partial charge >= 0.3 is 0 Å². The zero-order valence-corrected chi connectivity index (χ0v) is 26.0. The minimum absolute atomic E-state index is 0.0636. The van der Waals surface area contributed by atoms with Crippen molar-refractivity contribution in [2.75, 3.05) is 20.3 Å². The molecule has 2 aromatic heterocycles. The Balaban J connectivity index is 1.72. The maximum atomic E-state index is 13.6. The molecular formula is C31H41N5O6S. The van der Waals surface area contributed by atoms with E-state index >= 15 is 0 Å². The third kappa shape index (κ3) is 7.69. The Kier molecular flexibility index (Phi) is 11.1. The highest BCUT2D eigenvalue weighted by atomic mass is 32.2. The average Bonchev–Trinajstić information content (AvgIpc) is 3.32. The lowest BCUT2D eigenvalue weighted by atomic mass is 10.0. The Morgan fingerprint density at radius 3 is 2.51 bits per heavy atom. The molecule has 0 bridgehead atoms. The summed E-state index contributed by atoms with van der Waals surface area (Å²) in [5.41, 5.74) is 1.40. The smallest absolute Gasteiger partial charge is 0.277 e. The largest absolute Gasteiger partial charge is 0.493 e. The van der Waals surface area contributed by atoms with Crippen LogP contribution in [-0.4, -0.2) is 59.5 Å². The van der Waals surface area contributed by atoms with Crippen LogP contribution in [0.4, 0.5) is 0 Å². The molecule has 0 spiro atoms. The summed E-state index contributed by atoms with van der Waals surface area (Å²) in [7, 11) is -2.72. The van der Waals surface area contributed by atoms with E-state index in [1.54, 1.807) is 35.7 Å². The number of sulfonamides is 1. The molecule has 4 aromatic rings. The molecule has 0 saturated carbocycles. The first-order chi connectivity index (χ1) is 20.7. The standard InChI is InChI=1S/C31H41N5O6S/c1-5-7-8-9-13-16-27-32-21(3)28-31(38)33-30(34-36(27)28)24-19-23(17-18-26(24)42-6-2)43(39,40)35-25(20-41-4)29(37)22-14-11-10-12-15-22/h10-12,14-15,17-19,25,29,35,37H,5-9,13,16,20H2,1-4H3,(H,33,34,38)/t25?,29-/m0/s1. The van der Waals surface area contributed by atoms with E-state index in [4.69, 9.17) is 14.6 Å². The number of hydrogen-bond acceptors (Lipinski definition) is 8. The van der Waals surface area contributed by atoms with Crippen LogP contribution in [0.2, 0.25) is 0 Å². The average molecular weight is 612 g/mol. The van der Waals surface area contributed by atoms with Crippen LogP contribution in [0.25, 0.3) is 16.9 Å². The van der Waals surface area contributed by atoms with Crippen molar-refractivity contribution < 1.29 is 23.0 Å². The summed E-state index contributed by atoms with van der Waals surface area (Å²) < 4.78 is 42.4. The number of aliphatic hydroxyl groups is 1. The number of rotatable bonds is 16. The third-order valence-corrected chi connectivity index (χ3v) is 8.73. The summed E-state index contributed by atoms with van der Waals surface area (Å²) in [5.74, 6) is 1.19. The molecule has 0 aliphatic carbocycles. The Morgan fingerprint density at radius 2 is 1.81 bits per heavy atom. The Morgan fingerprint density at radius 1 is 1.07 bits per heavy atom. The van der Waals surface area contributed by atoms with E-state index in [1.807, 2.05) is 13.0 Å². The molecule has 232 valence electrons. The molecule has 1 unspecified atom stereocenters. The second kappa shape index (κ2) is 14.7. The molecule has 0 aliphatic heterocycles. The quantitative estimate of drug-likeness (QED) is 0.159. The molecule has 0 saturated heterocycles. The van der Waals surface area contributed by atoms with E-state index in [-0.39, 0.29) is 22.9 Å². The first-order valence-corrected chi connectivity index (χ1v) is 16.2. The number of nitrogens with one attached hydrogen (secondary N) is 2. The number of nitrogens with zero attached hydrogens (tertiary/aromatic N) is 3. The van der Waals surface area contributed by atoms with Crippen LogP contribution < -0.4 is 15.0 Å². The van der Waals surface area contributed by atoms with Gasteiger partial charge in [0.1, 0.15) is 11.6 Å². The van der Waals surface area contributed by atoms with Crippen molar-refractivity contribution in [3.05, 3.63) is 76.0 Å². The summed E-state index contributed by atoms with van der Waals surface area (Å²) in [5, 5.41) is 15.7. The van der Waals surface area contributed by atoms with E-state index in [2.05, 4.69) is 21.6 Å². The molecule has 3 N–H and O–H groups in total. The minimum atomic E-state index is -4.16. The van der Waals surface area contributed by atoms with E-state index in [1.165, 1.54) is 31.7 Å². The first kappa shape index (κ1) is 32.3. The highest BCUT2D eigenvalue weighted by Crippen LogP contribution is 2.31. The van der Waals surface area contributed by atoms with Crippen LogP contribution in [0.3, 0.4) is 0 Å². The molecule has 0 radical (unpaired) electrons. The molecule has 2 atom stereocenters. The fraction of sp³-hybridized carbons (Fsp3) is 0.452. The number of aromatic amines is 1. The minimum Gasteiger partial charge on any atom is -0.493 e. The Bertz CT molecular complexity index is 1670. The molecule has 43 heavy (non-hydrogen) atoms. The number of aliphatic hydroxyl groups excluding tert-OH is 1. The Labute approximate surface area is 252 Å². The van der Waals surface area contributed by atoms with Crippen LogP contribution in [0.15, 0.2) is 58.2 Å². The van der Waals surface area contributed by atoms with Gasteiger partial charge in [-0.2, -0.15) is 0 Å². The van der Waals surface area contributed by atoms with Crippen molar-refractivity contribution in [2.45, 2.75) is 76.3 Å². The van der Waals surface area contributed by atoms with Crippen LogP contribution in [-0.2, 0) is 21.2 Å². The first-order valence-electron chi connectivity index (χ1n) is 14.7. The summed E-state index contributed by atoms with van der Waals surface area (Å²) in [4.78, 5) is 20.6. The second-order valence-electron chi connectivity index (χ2n) is 10.5. The number of fused-ring (bicyclic) bond motifs is 1. The van der Waals surface area contributed by atoms with Gasteiger partial charge in [-0.1, -0.05) is 62.9 Å². The SMILES string of the molecule is CCCCCCCc1nc(C)c2c(=O)[nH]c(-c3cc(S(=O)(=O)NC(COC)[C@@H](O)c4ccccc4)ccc3OCC)nn12. The van der Waals surface area contributed by atoms with Gasteiger partial charge in [-0.25, -0.2) is 22.6 Å². The van der Waals surface area contributed by atoms with Crippen molar-refractivity contribution in [1.29, 1.82) is 0 Å². The lowest BCUT2D eigenvalue weighted by Gasteiger charge is -2.24. The maximum Gasteiger partial charge on any atom is 0.277 e. The van der Waals surface area contributed by atoms with Gasteiger partial charge in [-0.15, -0.1) is 5.10 Å². The van der Waals surface area contributed by atoms with E-state index in [9.17, 15) is 18.3 Å². The molecule has 4 rings (SSSR count). The number of H-pyrrole nitrogens is 1. The number of benzene rings is 2. The lowest BCUT2D eigenvalue weighted by Crippen LogP contribution is -2.42. The maximum absolute atomic E-state index is 13.6. The molecular weight excluding hydrogens is 570 g/mol. The highest BCUT2D eigenvalue weighted by molar-refractivity contribution is 7.89. The van der Waals surface area contributed by atoms with Crippen molar-refractivity contribution in [3.8, 4) is 17.1 Å². The van der Waals surface area contributed by atoms with Gasteiger partial charge in [0.2, 0.25) is 10.0 Å². The van der Waals surface area contributed by atoms with Crippen molar-refractivity contribution in [2.24, 2.45) is 0 Å². The number of hydrogen-bond donors (Lipinski definition) is 3. The fourth-order valence-corrected chi connectivity index (χ4v) is 6.32. The van der Waals surface area contributed by atoms with E-state index in [0.29, 0.717) is 46.9 Å². The van der Waals surface area contributed by atoms with Gasteiger partial charge in [-0.3, -0.25) is 4.79 Å². The Hall–Kier alpha value is -3.58. The second-order valence-corrected chi connectivity index (χ2v) is 12.2. The number of imidazole rings is 1. The molecule has 0 fully saturated rings. The van der Waals surface area contributed by atoms with E-state index in [0.717, 1.165) is 25.7 Å². The summed E-state index contributed by atoms with van der Waals surface area (Å²) in [6.07, 6.45) is 4.96. The van der Waals surface area contributed by atoms with Gasteiger partial charge in [0.25, 0.3) is 5.56 Å². The zero-order valence-electron chi connectivity index (χ0n) is 25.2. The highest BCUT2D eigenvalue weighted by Gasteiger charge is 2.28. The molecule has 2 aromatic carbocycles. The summed E-state index contributed by atoms with van der Waals surface area (Å²) >= 11 is 0. The van der Waals surface area contributed by atoms with Crippen LogP contribution >= 0.6 is 0 Å². The monoisotopic (exact) mass is 611 g/mol. The topological polar surface area (TPSA) is 148 Å². The van der Waals surface area contributed by atoms with Crippen LogP contribution in [0, 0.1) is 6.92 Å². The molecule has 11 nitrogen and oxygen atoms in total. The number of aromatic nitrogens is 4. The van der Waals surface area contributed by atoms with Crippen LogP contribution in [0.5, 0.6) is 5.75 Å².